The summed E-state index contributed by atoms with van der Waals surface area (Å²) < 4.78 is 5.13. The van der Waals surface area contributed by atoms with Crippen molar-refractivity contribution in [3.63, 3.8) is 0 Å². The number of likely N-dealkylation sites (tertiary alicyclic amines) is 1. The monoisotopic (exact) mass is 354 g/mol. The van der Waals surface area contributed by atoms with Crippen LogP contribution < -0.4 is 4.74 Å². The topological polar surface area (TPSA) is 110 Å². The lowest BCUT2D eigenvalue weighted by Gasteiger charge is -2.30. The van der Waals surface area contributed by atoms with Crippen LogP contribution in [0.1, 0.15) is 23.2 Å². The lowest BCUT2D eigenvalue weighted by atomic mass is 9.97. The van der Waals surface area contributed by atoms with Crippen LogP contribution >= 0.6 is 11.8 Å². The van der Waals surface area contributed by atoms with Gasteiger partial charge >= 0.3 is 5.97 Å². The first-order valence-electron chi connectivity index (χ1n) is 7.31. The standard InChI is InChI=1S/C15H18N2O6S/c1-23-12-7-11(17(21)22)10(6-13(12)24-2)14(18)16-5-3-4-9(8-16)15(19)20/h6-7,9H,3-5,8H2,1-2H3,(H,19,20)/t9-/m0/s1. The van der Waals surface area contributed by atoms with E-state index in [-0.39, 0.29) is 17.8 Å². The van der Waals surface area contributed by atoms with Crippen LogP contribution in [0.3, 0.4) is 0 Å². The minimum absolute atomic E-state index is 0.0452. The number of hydrogen-bond acceptors (Lipinski definition) is 6. The summed E-state index contributed by atoms with van der Waals surface area (Å²) >= 11 is 1.31. The summed E-state index contributed by atoms with van der Waals surface area (Å²) in [5.41, 5.74) is -0.386. The number of carboxylic acids is 1. The predicted molar refractivity (Wildman–Crippen MR) is 87.7 cm³/mol. The van der Waals surface area contributed by atoms with Gasteiger partial charge in [-0.3, -0.25) is 19.7 Å². The number of hydrogen-bond donors (Lipinski definition) is 1. The number of nitrogens with zero attached hydrogens (tertiary/aromatic N) is 2. The number of ether oxygens (including phenoxy) is 1. The van der Waals surface area contributed by atoms with Crippen LogP contribution in [0.5, 0.6) is 5.75 Å². The van der Waals surface area contributed by atoms with Gasteiger partial charge in [0.05, 0.1) is 28.9 Å². The third-order valence-electron chi connectivity index (χ3n) is 3.99. The maximum atomic E-state index is 12.7. The lowest BCUT2D eigenvalue weighted by molar-refractivity contribution is -0.385. The fourth-order valence-electron chi connectivity index (χ4n) is 2.72. The van der Waals surface area contributed by atoms with Crippen molar-refractivity contribution in [2.45, 2.75) is 17.7 Å². The third kappa shape index (κ3) is 3.61. The molecule has 1 atom stereocenters. The molecule has 0 saturated carbocycles. The molecule has 0 bridgehead atoms. The molecule has 1 heterocycles. The summed E-state index contributed by atoms with van der Waals surface area (Å²) in [5, 5.41) is 20.5. The molecule has 24 heavy (non-hydrogen) atoms. The van der Waals surface area contributed by atoms with Gasteiger partial charge in [0.2, 0.25) is 0 Å². The van der Waals surface area contributed by atoms with E-state index in [1.165, 1.54) is 35.9 Å². The number of carbonyl (C=O) groups is 2. The Morgan fingerprint density at radius 2 is 2.17 bits per heavy atom. The Kier molecular flexibility index (Phi) is 5.66. The molecule has 1 fully saturated rings. The van der Waals surface area contributed by atoms with Crippen LogP contribution in [0.4, 0.5) is 5.69 Å². The highest BCUT2D eigenvalue weighted by Crippen LogP contribution is 2.35. The molecule has 1 aliphatic heterocycles. The second-order valence-corrected chi connectivity index (χ2v) is 6.26. The highest BCUT2D eigenvalue weighted by atomic mass is 32.2. The first-order valence-corrected chi connectivity index (χ1v) is 8.54. The lowest BCUT2D eigenvalue weighted by Crippen LogP contribution is -2.42. The van der Waals surface area contributed by atoms with E-state index < -0.39 is 22.7 Å². The van der Waals surface area contributed by atoms with Crippen molar-refractivity contribution in [1.82, 2.24) is 4.90 Å². The van der Waals surface area contributed by atoms with Crippen molar-refractivity contribution in [2.75, 3.05) is 26.5 Å². The van der Waals surface area contributed by atoms with Crippen molar-refractivity contribution < 1.29 is 24.4 Å². The number of carboxylic acid groups (broad SMARTS) is 1. The summed E-state index contributed by atoms with van der Waals surface area (Å²) in [4.78, 5) is 36.6. The second-order valence-electron chi connectivity index (χ2n) is 5.41. The Morgan fingerprint density at radius 3 is 2.71 bits per heavy atom. The zero-order chi connectivity index (χ0) is 17.9. The number of thioether (sulfide) groups is 1. The Hall–Kier alpha value is -2.29. The van der Waals surface area contributed by atoms with Crippen LogP contribution in [0.15, 0.2) is 17.0 Å². The normalized spacial score (nSPS) is 17.4. The maximum absolute atomic E-state index is 12.7. The van der Waals surface area contributed by atoms with Crippen LogP contribution in [-0.2, 0) is 4.79 Å². The average molecular weight is 354 g/mol. The second kappa shape index (κ2) is 7.52. The van der Waals surface area contributed by atoms with E-state index >= 15 is 0 Å². The van der Waals surface area contributed by atoms with Crippen LogP contribution in [0.25, 0.3) is 0 Å². The van der Waals surface area contributed by atoms with E-state index in [0.717, 1.165) is 0 Å². The number of benzene rings is 1. The van der Waals surface area contributed by atoms with Gasteiger partial charge in [-0.1, -0.05) is 0 Å². The Labute approximate surface area is 142 Å². The van der Waals surface area contributed by atoms with Gasteiger partial charge in [-0.15, -0.1) is 11.8 Å². The maximum Gasteiger partial charge on any atom is 0.308 e. The Balaban J connectivity index is 2.40. The van der Waals surface area contributed by atoms with Crippen LogP contribution in [-0.4, -0.2) is 53.3 Å². The van der Waals surface area contributed by atoms with Crippen LogP contribution in [0.2, 0.25) is 0 Å². The van der Waals surface area contributed by atoms with Gasteiger partial charge in [0.1, 0.15) is 11.3 Å². The fourth-order valence-corrected chi connectivity index (χ4v) is 3.30. The molecule has 0 spiro atoms. The summed E-state index contributed by atoms with van der Waals surface area (Å²) in [5.74, 6) is -1.79. The molecule has 0 unspecified atom stereocenters. The number of rotatable bonds is 5. The van der Waals surface area contributed by atoms with E-state index in [1.807, 2.05) is 0 Å². The Bertz CT molecular complexity index is 678. The largest absolute Gasteiger partial charge is 0.495 e. The van der Waals surface area contributed by atoms with Gasteiger partial charge in [-0.25, -0.2) is 0 Å². The number of carbonyl (C=O) groups excluding carboxylic acids is 1. The number of piperidine rings is 1. The van der Waals surface area contributed by atoms with Gasteiger partial charge < -0.3 is 14.7 Å². The van der Waals surface area contributed by atoms with Crippen LogP contribution in [0, 0.1) is 16.0 Å². The molecule has 2 rings (SSSR count). The first-order chi connectivity index (χ1) is 11.4. The molecule has 1 aliphatic rings. The minimum atomic E-state index is -0.957. The molecule has 0 aromatic heterocycles. The molecular formula is C15H18N2O6S. The van der Waals surface area contributed by atoms with Gasteiger partial charge in [0.25, 0.3) is 11.6 Å². The summed E-state index contributed by atoms with van der Waals surface area (Å²) in [6.07, 6.45) is 2.83. The highest BCUT2D eigenvalue weighted by Gasteiger charge is 2.32. The van der Waals surface area contributed by atoms with Gasteiger partial charge in [-0.2, -0.15) is 0 Å². The number of aliphatic carboxylic acids is 1. The number of methoxy groups -OCH3 is 1. The summed E-state index contributed by atoms with van der Waals surface area (Å²) in [7, 11) is 1.41. The smallest absolute Gasteiger partial charge is 0.308 e. The molecule has 8 nitrogen and oxygen atoms in total. The van der Waals surface area contributed by atoms with Gasteiger partial charge in [-0.05, 0) is 25.2 Å². The number of nitro groups is 1. The van der Waals surface area contributed by atoms with Gasteiger partial charge in [0.15, 0.2) is 0 Å². The number of nitro benzene ring substituents is 1. The van der Waals surface area contributed by atoms with E-state index in [9.17, 15) is 19.7 Å². The summed E-state index contributed by atoms with van der Waals surface area (Å²) in [6, 6.07) is 2.67. The van der Waals surface area contributed by atoms with Gasteiger partial charge in [0, 0.05) is 13.1 Å². The van der Waals surface area contributed by atoms with E-state index in [2.05, 4.69) is 0 Å². The van der Waals surface area contributed by atoms with E-state index in [0.29, 0.717) is 30.0 Å². The molecule has 1 amide bonds. The third-order valence-corrected chi connectivity index (χ3v) is 4.75. The van der Waals surface area contributed by atoms with Crippen molar-refractivity contribution in [3.8, 4) is 5.75 Å². The molecule has 0 aliphatic carbocycles. The highest BCUT2D eigenvalue weighted by molar-refractivity contribution is 7.98. The number of amides is 1. The molecule has 1 N–H and O–H groups in total. The molecule has 9 heteroatoms. The van der Waals surface area contributed by atoms with Crippen molar-refractivity contribution >= 4 is 29.3 Å². The van der Waals surface area contributed by atoms with E-state index in [1.54, 1.807) is 6.26 Å². The molecule has 0 radical (unpaired) electrons. The zero-order valence-corrected chi connectivity index (χ0v) is 14.2. The molecule has 1 aromatic carbocycles. The first kappa shape index (κ1) is 18.1. The SMILES string of the molecule is COc1cc([N+](=O)[O-])c(C(=O)N2CCC[C@H](C(=O)O)C2)cc1SC. The summed E-state index contributed by atoms with van der Waals surface area (Å²) in [6.45, 7) is 0.451. The zero-order valence-electron chi connectivity index (χ0n) is 13.4. The van der Waals surface area contributed by atoms with Crippen molar-refractivity contribution in [1.29, 1.82) is 0 Å². The molecular weight excluding hydrogens is 336 g/mol. The van der Waals surface area contributed by atoms with Crippen molar-refractivity contribution in [2.24, 2.45) is 5.92 Å². The average Bonchev–Trinajstić information content (AvgIpc) is 2.59. The molecule has 1 saturated heterocycles. The minimum Gasteiger partial charge on any atom is -0.495 e. The molecule has 1 aromatic rings. The Morgan fingerprint density at radius 1 is 1.46 bits per heavy atom. The molecule has 130 valence electrons. The quantitative estimate of drug-likeness (QED) is 0.490. The predicted octanol–water partition coefficient (Wildman–Crippen LogP) is 2.26. The van der Waals surface area contributed by atoms with E-state index in [4.69, 9.17) is 9.84 Å². The fraction of sp³-hybridized carbons (Fsp3) is 0.467. The van der Waals surface area contributed by atoms with Crippen molar-refractivity contribution in [3.05, 3.63) is 27.8 Å².